The summed E-state index contributed by atoms with van der Waals surface area (Å²) in [5, 5.41) is 11.1. The quantitative estimate of drug-likeness (QED) is 0.387. The number of rotatable bonds is 4. The predicted molar refractivity (Wildman–Crippen MR) is 119 cm³/mol. The maximum absolute atomic E-state index is 13.2. The number of carbonyl (C=O) groups excluding carboxylic acids is 2. The second kappa shape index (κ2) is 7.69. The molecule has 30 heavy (non-hydrogen) atoms. The third-order valence-electron chi connectivity index (χ3n) is 5.17. The van der Waals surface area contributed by atoms with Crippen molar-refractivity contribution in [2.24, 2.45) is 0 Å². The van der Waals surface area contributed by atoms with Gasteiger partial charge in [-0.3, -0.25) is 9.59 Å². The minimum absolute atomic E-state index is 0.0951. The fourth-order valence-corrected chi connectivity index (χ4v) is 3.52. The van der Waals surface area contributed by atoms with Crippen LogP contribution in [0.1, 0.15) is 22.8 Å². The molecule has 0 bridgehead atoms. The highest BCUT2D eigenvalue weighted by Gasteiger charge is 2.18. The topological polar surface area (TPSA) is 77.0 Å². The number of H-pyrrole nitrogens is 1. The lowest BCUT2D eigenvalue weighted by atomic mass is 10.1. The molecule has 5 nitrogen and oxygen atoms in total. The number of hydrogen-bond donors (Lipinski definition) is 1. The Kier molecular flexibility index (Phi) is 4.91. The van der Waals surface area contributed by atoms with Gasteiger partial charge in [0.25, 0.3) is 5.91 Å². The van der Waals surface area contributed by atoms with E-state index in [1.807, 2.05) is 48.5 Å². The van der Waals surface area contributed by atoms with E-state index in [0.29, 0.717) is 11.3 Å². The van der Waals surface area contributed by atoms with E-state index in [-0.39, 0.29) is 17.3 Å². The van der Waals surface area contributed by atoms with E-state index in [2.05, 4.69) is 4.98 Å². The van der Waals surface area contributed by atoms with Gasteiger partial charge >= 0.3 is 0 Å². The van der Waals surface area contributed by atoms with Gasteiger partial charge in [-0.05, 0) is 42.8 Å². The number of nitriles is 1. The van der Waals surface area contributed by atoms with Crippen molar-refractivity contribution in [1.82, 2.24) is 4.98 Å². The number of benzene rings is 3. The Balaban J connectivity index is 1.67. The first-order valence-electron chi connectivity index (χ1n) is 9.50. The van der Waals surface area contributed by atoms with E-state index in [4.69, 9.17) is 5.26 Å². The van der Waals surface area contributed by atoms with Crippen molar-refractivity contribution in [3.63, 3.8) is 0 Å². The molecule has 4 aromatic rings. The maximum atomic E-state index is 13.2. The van der Waals surface area contributed by atoms with Crippen molar-refractivity contribution in [1.29, 1.82) is 5.26 Å². The Morgan fingerprint density at radius 1 is 0.967 bits per heavy atom. The first kappa shape index (κ1) is 19.2. The molecule has 1 amide bonds. The van der Waals surface area contributed by atoms with E-state index in [0.717, 1.165) is 27.4 Å². The fourth-order valence-electron chi connectivity index (χ4n) is 3.52. The standard InChI is InChI=1S/C25H19N3O2/c1-16(29)18(15-26)14-17-10-12-19(13-11-17)28(2)25(30)22-8-5-7-21-20-6-3-4-9-23(20)27-24(21)22/h3-14,27H,1-2H3/b18-14+. The van der Waals surface area contributed by atoms with E-state index in [9.17, 15) is 9.59 Å². The number of carbonyl (C=O) groups is 2. The maximum Gasteiger partial charge on any atom is 0.260 e. The van der Waals surface area contributed by atoms with Gasteiger partial charge in [0, 0.05) is 29.0 Å². The summed E-state index contributed by atoms with van der Waals surface area (Å²) in [6.45, 7) is 1.36. The van der Waals surface area contributed by atoms with Crippen LogP contribution in [-0.4, -0.2) is 23.7 Å². The second-order valence-corrected chi connectivity index (χ2v) is 7.08. The smallest absolute Gasteiger partial charge is 0.260 e. The molecule has 0 fully saturated rings. The predicted octanol–water partition coefficient (Wildman–Crippen LogP) is 5.09. The highest BCUT2D eigenvalue weighted by molar-refractivity contribution is 6.18. The zero-order valence-corrected chi connectivity index (χ0v) is 16.6. The molecule has 0 spiro atoms. The third-order valence-corrected chi connectivity index (χ3v) is 5.17. The Labute approximate surface area is 173 Å². The molecular formula is C25H19N3O2. The monoisotopic (exact) mass is 393 g/mol. The summed E-state index contributed by atoms with van der Waals surface area (Å²) < 4.78 is 0. The van der Waals surface area contributed by atoms with Gasteiger partial charge in [-0.25, -0.2) is 0 Å². The molecule has 146 valence electrons. The van der Waals surface area contributed by atoms with Crippen molar-refractivity contribution in [3.05, 3.63) is 83.4 Å². The summed E-state index contributed by atoms with van der Waals surface area (Å²) in [6.07, 6.45) is 1.54. The second-order valence-electron chi connectivity index (χ2n) is 7.08. The minimum Gasteiger partial charge on any atom is -0.354 e. The summed E-state index contributed by atoms with van der Waals surface area (Å²) >= 11 is 0. The lowest BCUT2D eigenvalue weighted by Crippen LogP contribution is -2.26. The van der Waals surface area contributed by atoms with Gasteiger partial charge in [0.05, 0.1) is 16.7 Å². The SMILES string of the molecule is CC(=O)/C(C#N)=C/c1ccc(N(C)C(=O)c2cccc3c2[nH]c2ccccc23)cc1. The van der Waals surface area contributed by atoms with Gasteiger partial charge in [0.15, 0.2) is 5.78 Å². The number of anilines is 1. The number of Topliss-reactive ketones (excluding diaryl/α,β-unsaturated/α-hetero) is 1. The van der Waals surface area contributed by atoms with Gasteiger partial charge in [-0.15, -0.1) is 0 Å². The number of aromatic nitrogens is 1. The number of ketones is 1. The molecule has 0 radical (unpaired) electrons. The van der Waals surface area contributed by atoms with Crippen molar-refractivity contribution in [2.75, 3.05) is 11.9 Å². The number of allylic oxidation sites excluding steroid dienone is 1. The van der Waals surface area contributed by atoms with Crippen LogP contribution in [0.25, 0.3) is 27.9 Å². The van der Waals surface area contributed by atoms with Crippen LogP contribution in [0, 0.1) is 11.3 Å². The van der Waals surface area contributed by atoms with Crippen LogP contribution in [0.4, 0.5) is 5.69 Å². The zero-order chi connectivity index (χ0) is 21.3. The van der Waals surface area contributed by atoms with Crippen LogP contribution in [-0.2, 0) is 4.79 Å². The fraction of sp³-hybridized carbons (Fsp3) is 0.0800. The molecular weight excluding hydrogens is 374 g/mol. The third kappa shape index (κ3) is 3.36. The molecule has 3 aromatic carbocycles. The van der Waals surface area contributed by atoms with E-state index < -0.39 is 0 Å². The Hall–Kier alpha value is -4.17. The average Bonchev–Trinajstić information content (AvgIpc) is 3.15. The number of nitrogens with one attached hydrogen (secondary N) is 1. The number of fused-ring (bicyclic) bond motifs is 3. The molecule has 5 heteroatoms. The van der Waals surface area contributed by atoms with Gasteiger partial charge in [0.1, 0.15) is 6.07 Å². The molecule has 0 aliphatic heterocycles. The number of amides is 1. The van der Waals surface area contributed by atoms with E-state index >= 15 is 0 Å². The molecule has 0 atom stereocenters. The first-order chi connectivity index (χ1) is 14.5. The molecule has 1 N–H and O–H groups in total. The zero-order valence-electron chi connectivity index (χ0n) is 16.6. The van der Waals surface area contributed by atoms with Crippen LogP contribution in [0.15, 0.2) is 72.3 Å². The largest absolute Gasteiger partial charge is 0.354 e. The molecule has 0 saturated carbocycles. The lowest BCUT2D eigenvalue weighted by molar-refractivity contribution is -0.113. The van der Waals surface area contributed by atoms with Crippen LogP contribution < -0.4 is 4.90 Å². The molecule has 4 rings (SSSR count). The van der Waals surface area contributed by atoms with E-state index in [1.54, 1.807) is 42.3 Å². The Morgan fingerprint density at radius 2 is 1.67 bits per heavy atom. The highest BCUT2D eigenvalue weighted by atomic mass is 16.2. The number of nitrogens with zero attached hydrogens (tertiary/aromatic N) is 2. The lowest BCUT2D eigenvalue weighted by Gasteiger charge is -2.18. The summed E-state index contributed by atoms with van der Waals surface area (Å²) in [6, 6.07) is 22.7. The van der Waals surface area contributed by atoms with Crippen LogP contribution >= 0.6 is 0 Å². The van der Waals surface area contributed by atoms with E-state index in [1.165, 1.54) is 6.92 Å². The molecule has 0 aliphatic rings. The average molecular weight is 393 g/mol. The van der Waals surface area contributed by atoms with Crippen molar-refractivity contribution in [2.45, 2.75) is 6.92 Å². The minimum atomic E-state index is -0.277. The van der Waals surface area contributed by atoms with Gasteiger partial charge in [0.2, 0.25) is 0 Å². The number of hydrogen-bond acceptors (Lipinski definition) is 3. The van der Waals surface area contributed by atoms with Crippen molar-refractivity contribution in [3.8, 4) is 6.07 Å². The van der Waals surface area contributed by atoms with Crippen LogP contribution in [0.3, 0.4) is 0 Å². The summed E-state index contributed by atoms with van der Waals surface area (Å²) in [5.74, 6) is -0.405. The van der Waals surface area contributed by atoms with Crippen molar-refractivity contribution < 1.29 is 9.59 Å². The summed E-state index contributed by atoms with van der Waals surface area (Å²) in [7, 11) is 1.73. The molecule has 1 aromatic heterocycles. The normalized spacial score (nSPS) is 11.4. The molecule has 1 heterocycles. The Morgan fingerprint density at radius 3 is 2.37 bits per heavy atom. The van der Waals surface area contributed by atoms with Crippen molar-refractivity contribution >= 4 is 45.3 Å². The summed E-state index contributed by atoms with van der Waals surface area (Å²) in [5.41, 5.74) is 3.94. The highest BCUT2D eigenvalue weighted by Crippen LogP contribution is 2.29. The van der Waals surface area contributed by atoms with Crippen LogP contribution in [0.5, 0.6) is 0 Å². The number of para-hydroxylation sites is 2. The number of aromatic amines is 1. The van der Waals surface area contributed by atoms with Crippen LogP contribution in [0.2, 0.25) is 0 Å². The molecule has 0 aliphatic carbocycles. The van der Waals surface area contributed by atoms with Gasteiger partial charge in [-0.2, -0.15) is 5.26 Å². The first-order valence-corrected chi connectivity index (χ1v) is 9.50. The summed E-state index contributed by atoms with van der Waals surface area (Å²) in [4.78, 5) is 29.6. The molecule has 0 saturated heterocycles. The Bertz CT molecular complexity index is 1350. The molecule has 0 unspecified atom stereocenters. The van der Waals surface area contributed by atoms with Gasteiger partial charge in [-0.1, -0.05) is 42.5 Å². The van der Waals surface area contributed by atoms with Gasteiger partial charge < -0.3 is 9.88 Å².